The van der Waals surface area contributed by atoms with E-state index in [2.05, 4.69) is 21.2 Å². The van der Waals surface area contributed by atoms with Gasteiger partial charge in [0.2, 0.25) is 5.91 Å². The number of nitrogens with zero attached hydrogens (tertiary/aromatic N) is 1. The molecule has 0 unspecified atom stereocenters. The summed E-state index contributed by atoms with van der Waals surface area (Å²) in [5.41, 5.74) is 1.56. The lowest BCUT2D eigenvalue weighted by Crippen LogP contribution is -2.53. The summed E-state index contributed by atoms with van der Waals surface area (Å²) in [6, 6.07) is 13.1. The standard InChI is InChI=1S/C20H21BrN2O3/c1-13-8-9-15(14(21)12-13)22-18(24)10-11-23-16-6-4-5-7-17(16)26-20(2,3)19(23)25/h4-9,12H,10-11H2,1-3H3,(H,22,24). The van der Waals surface area contributed by atoms with Gasteiger partial charge in [0.05, 0.1) is 11.4 Å². The van der Waals surface area contributed by atoms with E-state index in [1.807, 2.05) is 49.4 Å². The number of rotatable bonds is 4. The number of fused-ring (bicyclic) bond motifs is 1. The summed E-state index contributed by atoms with van der Waals surface area (Å²) in [7, 11) is 0. The van der Waals surface area contributed by atoms with Crippen LogP contribution >= 0.6 is 15.9 Å². The Labute approximate surface area is 161 Å². The van der Waals surface area contributed by atoms with Gasteiger partial charge >= 0.3 is 0 Å². The number of para-hydroxylation sites is 2. The molecular formula is C20H21BrN2O3. The minimum atomic E-state index is -0.954. The molecule has 1 aliphatic rings. The normalized spacial score (nSPS) is 15.2. The van der Waals surface area contributed by atoms with Gasteiger partial charge in [-0.3, -0.25) is 9.59 Å². The third-order valence-corrected chi connectivity index (χ3v) is 4.90. The van der Waals surface area contributed by atoms with Crippen molar-refractivity contribution >= 4 is 39.1 Å². The van der Waals surface area contributed by atoms with Gasteiger partial charge in [0.15, 0.2) is 5.60 Å². The van der Waals surface area contributed by atoms with Crippen LogP contribution in [-0.2, 0) is 9.59 Å². The van der Waals surface area contributed by atoms with Crippen molar-refractivity contribution < 1.29 is 14.3 Å². The highest BCUT2D eigenvalue weighted by molar-refractivity contribution is 9.10. The number of benzene rings is 2. The fraction of sp³-hybridized carbons (Fsp3) is 0.300. The van der Waals surface area contributed by atoms with Gasteiger partial charge in [0.1, 0.15) is 5.75 Å². The third-order valence-electron chi connectivity index (χ3n) is 4.24. The van der Waals surface area contributed by atoms with Crippen LogP contribution in [0.2, 0.25) is 0 Å². The zero-order valence-corrected chi connectivity index (χ0v) is 16.6. The van der Waals surface area contributed by atoms with Gasteiger partial charge in [0, 0.05) is 17.4 Å². The van der Waals surface area contributed by atoms with E-state index in [1.165, 1.54) is 0 Å². The summed E-state index contributed by atoms with van der Waals surface area (Å²) in [5.74, 6) is 0.350. The molecule has 0 saturated heterocycles. The molecule has 0 aliphatic carbocycles. The Morgan fingerprint density at radius 3 is 2.69 bits per heavy atom. The number of aryl methyl sites for hydroxylation is 1. The average Bonchev–Trinajstić information content (AvgIpc) is 2.57. The highest BCUT2D eigenvalue weighted by atomic mass is 79.9. The molecule has 3 rings (SSSR count). The van der Waals surface area contributed by atoms with Crippen molar-refractivity contribution in [3.63, 3.8) is 0 Å². The second kappa shape index (κ2) is 7.11. The molecule has 2 amide bonds. The number of nitrogens with one attached hydrogen (secondary N) is 1. The molecule has 0 bridgehead atoms. The molecule has 1 N–H and O–H groups in total. The molecule has 136 valence electrons. The monoisotopic (exact) mass is 416 g/mol. The minimum Gasteiger partial charge on any atom is -0.476 e. The van der Waals surface area contributed by atoms with E-state index < -0.39 is 5.60 Å². The predicted octanol–water partition coefficient (Wildman–Crippen LogP) is 4.29. The Balaban J connectivity index is 1.72. The Hall–Kier alpha value is -2.34. The maximum atomic E-state index is 12.7. The molecule has 26 heavy (non-hydrogen) atoms. The van der Waals surface area contributed by atoms with Crippen molar-refractivity contribution in [2.45, 2.75) is 32.8 Å². The predicted molar refractivity (Wildman–Crippen MR) is 106 cm³/mol. The molecule has 2 aromatic rings. The summed E-state index contributed by atoms with van der Waals surface area (Å²) >= 11 is 3.45. The van der Waals surface area contributed by atoms with Crippen molar-refractivity contribution in [3.05, 3.63) is 52.5 Å². The number of hydrogen-bond donors (Lipinski definition) is 1. The van der Waals surface area contributed by atoms with E-state index >= 15 is 0 Å². The number of halogens is 1. The number of ether oxygens (including phenoxy) is 1. The van der Waals surface area contributed by atoms with Gasteiger partial charge in [-0.1, -0.05) is 18.2 Å². The number of hydrogen-bond acceptors (Lipinski definition) is 3. The summed E-state index contributed by atoms with van der Waals surface area (Å²) in [6.07, 6.45) is 0.191. The van der Waals surface area contributed by atoms with Crippen molar-refractivity contribution in [1.82, 2.24) is 0 Å². The summed E-state index contributed by atoms with van der Waals surface area (Å²) in [4.78, 5) is 26.7. The first-order chi connectivity index (χ1) is 12.3. The SMILES string of the molecule is Cc1ccc(NC(=O)CCN2C(=O)C(C)(C)Oc3ccccc32)c(Br)c1. The van der Waals surface area contributed by atoms with E-state index in [9.17, 15) is 9.59 Å². The van der Waals surface area contributed by atoms with Gasteiger partial charge in [-0.2, -0.15) is 0 Å². The Morgan fingerprint density at radius 1 is 1.23 bits per heavy atom. The quantitative estimate of drug-likeness (QED) is 0.808. The van der Waals surface area contributed by atoms with Crippen LogP contribution in [0, 0.1) is 6.92 Å². The fourth-order valence-corrected chi connectivity index (χ4v) is 3.48. The van der Waals surface area contributed by atoms with Crippen LogP contribution in [0.15, 0.2) is 46.9 Å². The van der Waals surface area contributed by atoms with Gasteiger partial charge < -0.3 is 15.0 Å². The van der Waals surface area contributed by atoms with Gasteiger partial charge in [-0.15, -0.1) is 0 Å². The Bertz CT molecular complexity index is 864. The Kier molecular flexibility index (Phi) is 5.05. The maximum absolute atomic E-state index is 12.7. The number of amides is 2. The van der Waals surface area contributed by atoms with E-state index in [4.69, 9.17) is 4.74 Å². The summed E-state index contributed by atoms with van der Waals surface area (Å²) in [6.45, 7) is 5.75. The first kappa shape index (κ1) is 18.5. The highest BCUT2D eigenvalue weighted by Gasteiger charge is 2.40. The molecule has 1 aliphatic heterocycles. The molecule has 5 nitrogen and oxygen atoms in total. The smallest absolute Gasteiger partial charge is 0.270 e. The largest absolute Gasteiger partial charge is 0.476 e. The average molecular weight is 417 g/mol. The van der Waals surface area contributed by atoms with Crippen LogP contribution in [0.25, 0.3) is 0 Å². The fourth-order valence-electron chi connectivity index (χ4n) is 2.89. The number of carbonyl (C=O) groups excluding carboxylic acids is 2. The van der Waals surface area contributed by atoms with Gasteiger partial charge in [0.25, 0.3) is 5.91 Å². The van der Waals surface area contributed by atoms with Crippen molar-refractivity contribution in [1.29, 1.82) is 0 Å². The molecule has 0 atom stereocenters. The molecule has 6 heteroatoms. The Morgan fingerprint density at radius 2 is 1.96 bits per heavy atom. The van der Waals surface area contributed by atoms with Crippen molar-refractivity contribution in [2.75, 3.05) is 16.8 Å². The summed E-state index contributed by atoms with van der Waals surface area (Å²) < 4.78 is 6.63. The van der Waals surface area contributed by atoms with Crippen molar-refractivity contribution in [3.8, 4) is 5.75 Å². The summed E-state index contributed by atoms with van der Waals surface area (Å²) in [5, 5.41) is 2.88. The van der Waals surface area contributed by atoms with Crippen LogP contribution < -0.4 is 15.0 Å². The van der Waals surface area contributed by atoms with E-state index in [0.717, 1.165) is 15.7 Å². The second-order valence-electron chi connectivity index (χ2n) is 6.82. The highest BCUT2D eigenvalue weighted by Crippen LogP contribution is 2.37. The van der Waals surface area contributed by atoms with Gasteiger partial charge in [-0.25, -0.2) is 0 Å². The minimum absolute atomic E-state index is 0.149. The zero-order valence-electron chi connectivity index (χ0n) is 15.0. The van der Waals surface area contributed by atoms with Crippen LogP contribution in [-0.4, -0.2) is 24.0 Å². The van der Waals surface area contributed by atoms with Gasteiger partial charge in [-0.05, 0) is 66.5 Å². The molecule has 0 radical (unpaired) electrons. The molecule has 0 saturated carbocycles. The molecule has 0 aromatic heterocycles. The zero-order chi connectivity index (χ0) is 18.9. The molecular weight excluding hydrogens is 396 g/mol. The van der Waals surface area contributed by atoms with Crippen molar-refractivity contribution in [2.24, 2.45) is 0 Å². The van der Waals surface area contributed by atoms with E-state index in [-0.39, 0.29) is 24.8 Å². The molecule has 1 heterocycles. The molecule has 2 aromatic carbocycles. The van der Waals surface area contributed by atoms with Crippen LogP contribution in [0.5, 0.6) is 5.75 Å². The molecule has 0 fully saturated rings. The maximum Gasteiger partial charge on any atom is 0.270 e. The lowest BCUT2D eigenvalue weighted by molar-refractivity contribution is -0.132. The van der Waals surface area contributed by atoms with Crippen LogP contribution in [0.1, 0.15) is 25.8 Å². The van der Waals surface area contributed by atoms with E-state index in [0.29, 0.717) is 11.4 Å². The van der Waals surface area contributed by atoms with E-state index in [1.54, 1.807) is 18.7 Å². The number of anilines is 2. The topological polar surface area (TPSA) is 58.6 Å². The first-order valence-electron chi connectivity index (χ1n) is 8.44. The third kappa shape index (κ3) is 3.75. The van der Waals surface area contributed by atoms with Crippen LogP contribution in [0.3, 0.4) is 0 Å². The van der Waals surface area contributed by atoms with Crippen LogP contribution in [0.4, 0.5) is 11.4 Å². The lowest BCUT2D eigenvalue weighted by atomic mass is 10.0. The second-order valence-corrected chi connectivity index (χ2v) is 7.67. The molecule has 0 spiro atoms. The first-order valence-corrected chi connectivity index (χ1v) is 9.23. The lowest BCUT2D eigenvalue weighted by Gasteiger charge is -2.38. The number of carbonyl (C=O) groups is 2.